The molecule has 3 heteroatoms. The molecule has 190 valence electrons. The second-order valence-electron chi connectivity index (χ2n) is 12.8. The summed E-state index contributed by atoms with van der Waals surface area (Å²) in [5.74, 6) is 0. The minimum atomic E-state index is -0.399. The molecule has 0 radical (unpaired) electrons. The molecule has 4 aromatic rings. The van der Waals surface area contributed by atoms with Gasteiger partial charge in [0.1, 0.15) is 0 Å². The molecule has 2 aromatic carbocycles. The smallest absolute Gasteiger partial charge is 0.292 e. The summed E-state index contributed by atoms with van der Waals surface area (Å²) in [6, 6.07) is 12.4. The maximum atomic E-state index is 4.70. The summed E-state index contributed by atoms with van der Waals surface area (Å²) < 4.78 is 2.65. The standard InChI is InChI=1S/C35H36N3/c1-21-16-25-12-14-37-33-30(25)28(17-21)34(4,5)29-18-24-11-13-36-20-27(24)32(31(29)33)35(37)19-22(2)15-23(3)38(35)26-9-7-6-8-10-26/h11-20,26H,6-10H2,1-5H3/q+1. The van der Waals surface area contributed by atoms with Crippen molar-refractivity contribution in [1.82, 2.24) is 9.88 Å². The summed E-state index contributed by atoms with van der Waals surface area (Å²) in [7, 11) is 0. The van der Waals surface area contributed by atoms with Crippen LogP contribution in [0, 0.1) is 6.92 Å². The van der Waals surface area contributed by atoms with Crippen LogP contribution in [0.1, 0.15) is 82.1 Å². The number of nitrogens with zero attached hydrogens (tertiary/aromatic N) is 3. The Morgan fingerprint density at radius 3 is 2.58 bits per heavy atom. The van der Waals surface area contributed by atoms with E-state index >= 15 is 0 Å². The van der Waals surface area contributed by atoms with Crippen molar-refractivity contribution in [2.24, 2.45) is 0 Å². The summed E-state index contributed by atoms with van der Waals surface area (Å²) in [4.78, 5) is 7.51. The highest BCUT2D eigenvalue weighted by atomic mass is 15.4. The van der Waals surface area contributed by atoms with E-state index in [9.17, 15) is 0 Å². The van der Waals surface area contributed by atoms with E-state index in [1.807, 2.05) is 6.20 Å². The average Bonchev–Trinajstić information content (AvgIpc) is 3.17. The third kappa shape index (κ3) is 2.60. The maximum absolute atomic E-state index is 4.70. The van der Waals surface area contributed by atoms with Gasteiger partial charge in [0, 0.05) is 47.1 Å². The molecule has 2 aliphatic heterocycles. The predicted octanol–water partition coefficient (Wildman–Crippen LogP) is 7.80. The Kier molecular flexibility index (Phi) is 4.35. The quantitative estimate of drug-likeness (QED) is 0.250. The molecule has 1 saturated carbocycles. The van der Waals surface area contributed by atoms with E-state index in [4.69, 9.17) is 4.98 Å². The van der Waals surface area contributed by atoms with E-state index in [0.717, 1.165) is 0 Å². The zero-order valence-electron chi connectivity index (χ0n) is 23.2. The van der Waals surface area contributed by atoms with Crippen LogP contribution in [0.5, 0.6) is 0 Å². The molecule has 0 amide bonds. The fourth-order valence-corrected chi connectivity index (χ4v) is 8.59. The SMILES string of the molecule is CC1=CC2(c3c4c(cc5ccncc35)C(C)(C)c3cc(C)cc5cc[n+]2c-4c35)N(C2CCCCC2)C(C)=C1. The highest BCUT2D eigenvalue weighted by molar-refractivity contribution is 6.06. The van der Waals surface area contributed by atoms with Crippen LogP contribution in [-0.4, -0.2) is 15.9 Å². The van der Waals surface area contributed by atoms with Crippen LogP contribution < -0.4 is 4.57 Å². The van der Waals surface area contributed by atoms with Crippen LogP contribution >= 0.6 is 0 Å². The molecular formula is C35H36N3+. The number of hydrogen-bond donors (Lipinski definition) is 0. The van der Waals surface area contributed by atoms with Gasteiger partial charge < -0.3 is 4.90 Å². The van der Waals surface area contributed by atoms with Gasteiger partial charge in [-0.05, 0) is 79.3 Å². The molecule has 2 aromatic heterocycles. The molecule has 1 spiro atoms. The Morgan fingerprint density at radius 2 is 1.76 bits per heavy atom. The fraction of sp³-hybridized carbons (Fsp3) is 0.371. The number of hydrogen-bond acceptors (Lipinski definition) is 2. The lowest BCUT2D eigenvalue weighted by Crippen LogP contribution is -2.66. The van der Waals surface area contributed by atoms with E-state index in [1.54, 1.807) is 0 Å². The summed E-state index contributed by atoms with van der Waals surface area (Å²) >= 11 is 0. The van der Waals surface area contributed by atoms with Crippen LogP contribution in [0.25, 0.3) is 32.8 Å². The number of rotatable bonds is 1. The molecule has 8 rings (SSSR count). The lowest BCUT2D eigenvalue weighted by atomic mass is 9.68. The lowest BCUT2D eigenvalue weighted by Gasteiger charge is -2.46. The van der Waals surface area contributed by atoms with E-state index < -0.39 is 5.66 Å². The Hall–Kier alpha value is -3.46. The van der Waals surface area contributed by atoms with Crippen molar-refractivity contribution in [1.29, 1.82) is 0 Å². The molecule has 4 heterocycles. The van der Waals surface area contributed by atoms with Gasteiger partial charge in [-0.15, -0.1) is 0 Å². The predicted molar refractivity (Wildman–Crippen MR) is 155 cm³/mol. The van der Waals surface area contributed by atoms with Gasteiger partial charge in [-0.3, -0.25) is 4.98 Å². The second-order valence-corrected chi connectivity index (χ2v) is 12.8. The van der Waals surface area contributed by atoms with Crippen LogP contribution in [0.4, 0.5) is 0 Å². The fourth-order valence-electron chi connectivity index (χ4n) is 8.59. The van der Waals surface area contributed by atoms with Crippen molar-refractivity contribution in [2.45, 2.75) is 83.8 Å². The van der Waals surface area contributed by atoms with Crippen molar-refractivity contribution >= 4 is 21.5 Å². The first-order chi connectivity index (χ1) is 18.3. The van der Waals surface area contributed by atoms with Gasteiger partial charge in [0.2, 0.25) is 5.69 Å². The molecule has 1 unspecified atom stereocenters. The van der Waals surface area contributed by atoms with E-state index in [2.05, 4.69) is 99.0 Å². The minimum absolute atomic E-state index is 0.0997. The van der Waals surface area contributed by atoms with E-state index in [0.29, 0.717) is 6.04 Å². The normalized spacial score (nSPS) is 23.3. The number of aryl methyl sites for hydroxylation is 1. The molecule has 2 aliphatic carbocycles. The lowest BCUT2D eigenvalue weighted by molar-refractivity contribution is -0.748. The Bertz CT molecular complexity index is 1770. The van der Waals surface area contributed by atoms with Crippen LogP contribution in [0.3, 0.4) is 0 Å². The minimum Gasteiger partial charge on any atom is -0.305 e. The van der Waals surface area contributed by atoms with Gasteiger partial charge in [0.05, 0.1) is 16.5 Å². The molecule has 38 heavy (non-hydrogen) atoms. The van der Waals surface area contributed by atoms with E-state index in [-0.39, 0.29) is 5.41 Å². The number of aromatic nitrogens is 2. The molecule has 3 nitrogen and oxygen atoms in total. The molecule has 1 fully saturated rings. The summed E-state index contributed by atoms with van der Waals surface area (Å²) in [6.07, 6.45) is 17.9. The van der Waals surface area contributed by atoms with Crippen LogP contribution in [0.2, 0.25) is 0 Å². The van der Waals surface area contributed by atoms with Gasteiger partial charge >= 0.3 is 0 Å². The first-order valence-electron chi connectivity index (χ1n) is 14.4. The highest BCUT2D eigenvalue weighted by Crippen LogP contribution is 2.58. The van der Waals surface area contributed by atoms with Gasteiger partial charge in [0.25, 0.3) is 5.66 Å². The van der Waals surface area contributed by atoms with Gasteiger partial charge in [-0.2, -0.15) is 4.57 Å². The van der Waals surface area contributed by atoms with Crippen molar-refractivity contribution in [2.75, 3.05) is 0 Å². The first-order valence-corrected chi connectivity index (χ1v) is 14.4. The van der Waals surface area contributed by atoms with Crippen LogP contribution in [-0.2, 0) is 11.1 Å². The van der Waals surface area contributed by atoms with Crippen LogP contribution in [0.15, 0.2) is 72.3 Å². The molecule has 0 saturated heterocycles. The Morgan fingerprint density at radius 1 is 0.947 bits per heavy atom. The van der Waals surface area contributed by atoms with Crippen molar-refractivity contribution in [3.8, 4) is 11.3 Å². The average molecular weight is 499 g/mol. The molecular weight excluding hydrogens is 462 g/mol. The Labute approximate surface area is 225 Å². The number of fused-ring (bicyclic) bond motifs is 4. The molecule has 4 aliphatic rings. The van der Waals surface area contributed by atoms with Gasteiger partial charge in [0.15, 0.2) is 6.20 Å². The highest BCUT2D eigenvalue weighted by Gasteiger charge is 2.61. The summed E-state index contributed by atoms with van der Waals surface area (Å²) in [5, 5.41) is 5.36. The third-order valence-electron chi connectivity index (χ3n) is 10.0. The second kappa shape index (κ2) is 7.34. The third-order valence-corrected chi connectivity index (χ3v) is 10.0. The van der Waals surface area contributed by atoms with Crippen molar-refractivity contribution in [3.63, 3.8) is 0 Å². The Balaban J connectivity index is 1.61. The summed E-state index contributed by atoms with van der Waals surface area (Å²) in [5.41, 5.74) is 10.7. The molecule has 0 N–H and O–H groups in total. The number of pyridine rings is 2. The zero-order valence-corrected chi connectivity index (χ0v) is 23.2. The topological polar surface area (TPSA) is 20.0 Å². The van der Waals surface area contributed by atoms with Gasteiger partial charge in [-0.25, -0.2) is 0 Å². The first kappa shape index (κ1) is 22.5. The molecule has 0 bridgehead atoms. The van der Waals surface area contributed by atoms with E-state index in [1.165, 1.54) is 98.4 Å². The summed E-state index contributed by atoms with van der Waals surface area (Å²) in [6.45, 7) is 11.7. The monoisotopic (exact) mass is 498 g/mol. The van der Waals surface area contributed by atoms with Gasteiger partial charge in [-0.1, -0.05) is 50.8 Å². The van der Waals surface area contributed by atoms with Crippen molar-refractivity contribution < 1.29 is 4.57 Å². The number of benzene rings is 2. The molecule has 1 atom stereocenters. The number of allylic oxidation sites excluding steroid dienone is 3. The maximum Gasteiger partial charge on any atom is 0.292 e. The van der Waals surface area contributed by atoms with Crippen molar-refractivity contribution in [3.05, 3.63) is 94.6 Å². The largest absolute Gasteiger partial charge is 0.305 e. The zero-order chi connectivity index (χ0) is 26.0.